The zero-order valence-corrected chi connectivity index (χ0v) is 19.9. The van der Waals surface area contributed by atoms with Gasteiger partial charge in [0.25, 0.3) is 0 Å². The third kappa shape index (κ3) is 6.32. The number of piperidine rings is 1. The van der Waals surface area contributed by atoms with Crippen molar-refractivity contribution in [2.24, 2.45) is 11.8 Å². The van der Waals surface area contributed by atoms with Crippen LogP contribution in [0.15, 0.2) is 65.2 Å². The summed E-state index contributed by atoms with van der Waals surface area (Å²) in [5.74, 6) is 1.62. The van der Waals surface area contributed by atoms with Crippen LogP contribution in [0.1, 0.15) is 50.4 Å². The lowest BCUT2D eigenvalue weighted by molar-refractivity contribution is -0.122. The van der Waals surface area contributed by atoms with Crippen LogP contribution < -0.4 is 10.6 Å². The number of amides is 1. The van der Waals surface area contributed by atoms with Gasteiger partial charge in [-0.25, -0.2) is 0 Å². The summed E-state index contributed by atoms with van der Waals surface area (Å²) in [7, 11) is 0. The summed E-state index contributed by atoms with van der Waals surface area (Å²) < 4.78 is 5.67. The summed E-state index contributed by atoms with van der Waals surface area (Å²) in [6.45, 7) is 9.08. The minimum atomic E-state index is 0.121. The Morgan fingerprint density at radius 2 is 1.85 bits per heavy atom. The molecule has 33 heavy (non-hydrogen) atoms. The molecule has 4 rings (SSSR count). The van der Waals surface area contributed by atoms with Gasteiger partial charge in [-0.05, 0) is 54.3 Å². The Kier molecular flexibility index (Phi) is 7.29. The molecule has 2 heterocycles. The highest BCUT2D eigenvalue weighted by Gasteiger charge is 2.28. The molecule has 3 aromatic rings. The molecule has 0 aliphatic carbocycles. The number of carbonyl (C=O) groups excluding carboxylic acids is 1. The fourth-order valence-corrected chi connectivity index (χ4v) is 4.54. The molecular weight excluding hydrogens is 410 g/mol. The van der Waals surface area contributed by atoms with Gasteiger partial charge in [0, 0.05) is 24.6 Å². The molecule has 5 nitrogen and oxygen atoms in total. The van der Waals surface area contributed by atoms with Gasteiger partial charge >= 0.3 is 0 Å². The highest BCUT2D eigenvalue weighted by molar-refractivity contribution is 5.76. The van der Waals surface area contributed by atoms with Crippen LogP contribution in [0.5, 0.6) is 0 Å². The molecule has 1 aliphatic heterocycles. The highest BCUT2D eigenvalue weighted by atomic mass is 16.5. The van der Waals surface area contributed by atoms with Crippen molar-refractivity contribution in [3.63, 3.8) is 0 Å². The molecule has 5 heteroatoms. The normalized spacial score (nSPS) is 18.8. The summed E-state index contributed by atoms with van der Waals surface area (Å²) in [4.78, 5) is 12.6. The second kappa shape index (κ2) is 10.3. The lowest BCUT2D eigenvalue weighted by Crippen LogP contribution is -2.40. The Morgan fingerprint density at radius 1 is 1.09 bits per heavy atom. The molecule has 1 fully saturated rings. The predicted octanol–water partition coefficient (Wildman–Crippen LogP) is 5.11. The van der Waals surface area contributed by atoms with Gasteiger partial charge in [0.05, 0.1) is 5.69 Å². The quantitative estimate of drug-likeness (QED) is 0.530. The van der Waals surface area contributed by atoms with Crippen molar-refractivity contribution in [1.82, 2.24) is 15.8 Å². The fourth-order valence-electron chi connectivity index (χ4n) is 4.54. The minimum absolute atomic E-state index is 0.121. The maximum atomic E-state index is 12.6. The van der Waals surface area contributed by atoms with Crippen LogP contribution >= 0.6 is 0 Å². The zero-order valence-electron chi connectivity index (χ0n) is 19.9. The standard InChI is InChI=1S/C28H35N3O2/c1-28(2,3)24-11-9-21(10-12-24)26-17-25(31-33-26)15-23-19-29-14-13-22(23)16-27(32)30-18-20-7-5-4-6-8-20/h4-12,17,22-23,29H,13-16,18-19H2,1-3H3,(H,30,32). The largest absolute Gasteiger partial charge is 0.356 e. The molecule has 1 aromatic heterocycles. The third-order valence-electron chi connectivity index (χ3n) is 6.61. The number of aromatic nitrogens is 1. The molecule has 1 amide bonds. The summed E-state index contributed by atoms with van der Waals surface area (Å²) in [6.07, 6.45) is 2.37. The van der Waals surface area contributed by atoms with E-state index in [1.54, 1.807) is 0 Å². The molecule has 0 saturated carbocycles. The van der Waals surface area contributed by atoms with Crippen molar-refractivity contribution in [3.05, 3.63) is 77.5 Å². The van der Waals surface area contributed by atoms with Crippen LogP contribution in [-0.4, -0.2) is 24.2 Å². The molecule has 1 aliphatic rings. The molecular formula is C28H35N3O2. The average Bonchev–Trinajstić information content (AvgIpc) is 3.28. The monoisotopic (exact) mass is 445 g/mol. The summed E-state index contributed by atoms with van der Waals surface area (Å²) >= 11 is 0. The number of nitrogens with one attached hydrogen (secondary N) is 2. The van der Waals surface area contributed by atoms with E-state index in [0.29, 0.717) is 24.8 Å². The number of hydrogen-bond acceptors (Lipinski definition) is 4. The lowest BCUT2D eigenvalue weighted by Gasteiger charge is -2.31. The Labute approximate surface area is 197 Å². The number of rotatable bonds is 7. The average molecular weight is 446 g/mol. The number of hydrogen-bond donors (Lipinski definition) is 2. The van der Waals surface area contributed by atoms with Crippen LogP contribution in [0.3, 0.4) is 0 Å². The molecule has 2 atom stereocenters. The maximum Gasteiger partial charge on any atom is 0.220 e. The Bertz CT molecular complexity index is 1040. The smallest absolute Gasteiger partial charge is 0.220 e. The maximum absolute atomic E-state index is 12.6. The van der Waals surface area contributed by atoms with Crippen LogP contribution in [0.2, 0.25) is 0 Å². The topological polar surface area (TPSA) is 67.2 Å². The molecule has 0 bridgehead atoms. The van der Waals surface area contributed by atoms with Crippen molar-refractivity contribution < 1.29 is 9.32 Å². The third-order valence-corrected chi connectivity index (χ3v) is 6.61. The van der Waals surface area contributed by atoms with E-state index in [1.165, 1.54) is 5.56 Å². The van der Waals surface area contributed by atoms with Crippen molar-refractivity contribution >= 4 is 5.91 Å². The minimum Gasteiger partial charge on any atom is -0.356 e. The lowest BCUT2D eigenvalue weighted by atomic mass is 9.81. The van der Waals surface area contributed by atoms with Crippen molar-refractivity contribution in [3.8, 4) is 11.3 Å². The van der Waals surface area contributed by atoms with E-state index in [-0.39, 0.29) is 11.3 Å². The van der Waals surface area contributed by atoms with Gasteiger partial charge < -0.3 is 15.2 Å². The Hall–Kier alpha value is -2.92. The first-order chi connectivity index (χ1) is 15.9. The van der Waals surface area contributed by atoms with Crippen LogP contribution in [0, 0.1) is 11.8 Å². The van der Waals surface area contributed by atoms with Gasteiger partial charge in [0.15, 0.2) is 5.76 Å². The first-order valence-electron chi connectivity index (χ1n) is 12.0. The zero-order chi connectivity index (χ0) is 23.3. The molecule has 2 aromatic carbocycles. The van der Waals surface area contributed by atoms with Crippen LogP contribution in [0.25, 0.3) is 11.3 Å². The van der Waals surface area contributed by atoms with E-state index in [2.05, 4.69) is 60.8 Å². The fraction of sp³-hybridized carbons (Fsp3) is 0.429. The number of carbonyl (C=O) groups is 1. The number of benzene rings is 2. The second-order valence-electron chi connectivity index (χ2n) is 10.2. The van der Waals surface area contributed by atoms with Crippen LogP contribution in [0.4, 0.5) is 0 Å². The van der Waals surface area contributed by atoms with Crippen molar-refractivity contribution in [2.45, 2.75) is 52.0 Å². The van der Waals surface area contributed by atoms with Gasteiger partial charge in [-0.3, -0.25) is 4.79 Å². The van der Waals surface area contributed by atoms with E-state index < -0.39 is 0 Å². The summed E-state index contributed by atoms with van der Waals surface area (Å²) in [6, 6.07) is 20.6. The first-order valence-corrected chi connectivity index (χ1v) is 12.0. The molecule has 174 valence electrons. The van der Waals surface area contributed by atoms with E-state index in [4.69, 9.17) is 4.52 Å². The van der Waals surface area contributed by atoms with Gasteiger partial charge in [-0.1, -0.05) is 80.5 Å². The van der Waals surface area contributed by atoms with Crippen molar-refractivity contribution in [2.75, 3.05) is 13.1 Å². The van der Waals surface area contributed by atoms with E-state index >= 15 is 0 Å². The first kappa shape index (κ1) is 23.2. The van der Waals surface area contributed by atoms with Gasteiger partial charge in [0.2, 0.25) is 5.91 Å². The summed E-state index contributed by atoms with van der Waals surface area (Å²) in [5.41, 5.74) is 4.54. The summed E-state index contributed by atoms with van der Waals surface area (Å²) in [5, 5.41) is 10.9. The second-order valence-corrected chi connectivity index (χ2v) is 10.2. The van der Waals surface area contributed by atoms with Crippen molar-refractivity contribution in [1.29, 1.82) is 0 Å². The predicted molar refractivity (Wildman–Crippen MR) is 132 cm³/mol. The van der Waals surface area contributed by atoms with E-state index in [1.807, 2.05) is 36.4 Å². The SMILES string of the molecule is CC(C)(C)c1ccc(-c2cc(CC3CNCCC3CC(=O)NCc3ccccc3)no2)cc1. The van der Waals surface area contributed by atoms with Gasteiger partial charge in [-0.15, -0.1) is 0 Å². The van der Waals surface area contributed by atoms with Crippen LogP contribution in [-0.2, 0) is 23.2 Å². The Morgan fingerprint density at radius 3 is 2.58 bits per heavy atom. The Balaban J connectivity index is 1.35. The molecule has 1 saturated heterocycles. The van der Waals surface area contributed by atoms with Gasteiger partial charge in [0.1, 0.15) is 0 Å². The van der Waals surface area contributed by atoms with E-state index in [9.17, 15) is 4.79 Å². The molecule has 2 unspecified atom stereocenters. The number of nitrogens with zero attached hydrogens (tertiary/aromatic N) is 1. The molecule has 0 spiro atoms. The van der Waals surface area contributed by atoms with Gasteiger partial charge in [-0.2, -0.15) is 0 Å². The molecule has 2 N–H and O–H groups in total. The van der Waals surface area contributed by atoms with E-state index in [0.717, 1.165) is 48.5 Å². The molecule has 0 radical (unpaired) electrons. The highest BCUT2D eigenvalue weighted by Crippen LogP contribution is 2.29.